The molecule has 1 saturated heterocycles. The molecule has 2 aromatic rings. The van der Waals surface area contributed by atoms with Crippen LogP contribution in [0.3, 0.4) is 0 Å². The van der Waals surface area contributed by atoms with Gasteiger partial charge in [0.15, 0.2) is 0 Å². The highest BCUT2D eigenvalue weighted by Crippen LogP contribution is 2.26. The first-order chi connectivity index (χ1) is 14.0. The summed E-state index contributed by atoms with van der Waals surface area (Å²) in [5, 5.41) is 5.78. The minimum atomic E-state index is -0.759. The van der Waals surface area contributed by atoms with Gasteiger partial charge in [0, 0.05) is 38.3 Å². The van der Waals surface area contributed by atoms with Gasteiger partial charge in [-0.2, -0.15) is 5.10 Å². The van der Waals surface area contributed by atoms with E-state index in [4.69, 9.17) is 5.73 Å². The molecule has 2 aliphatic heterocycles. The highest BCUT2D eigenvalue weighted by atomic mass is 19.1. The first-order valence-corrected chi connectivity index (χ1v) is 9.54. The Kier molecular flexibility index (Phi) is 5.16. The Balaban J connectivity index is 1.46. The minimum absolute atomic E-state index is 0.143. The van der Waals surface area contributed by atoms with Crippen molar-refractivity contribution in [1.82, 2.24) is 4.90 Å². The molecule has 2 N–H and O–H groups in total. The van der Waals surface area contributed by atoms with E-state index in [1.54, 1.807) is 4.90 Å². The number of hydrogen-bond donors (Lipinski definition) is 1. The number of nitrogens with zero attached hydrogens (tertiary/aromatic N) is 4. The van der Waals surface area contributed by atoms with Crippen LogP contribution in [0.25, 0.3) is 0 Å². The van der Waals surface area contributed by atoms with Crippen LogP contribution in [0.5, 0.6) is 0 Å². The fourth-order valence-electron chi connectivity index (χ4n) is 3.68. The summed E-state index contributed by atoms with van der Waals surface area (Å²) >= 11 is 0. The summed E-state index contributed by atoms with van der Waals surface area (Å²) in [4.78, 5) is 28.9. The molecule has 2 aliphatic rings. The molecule has 29 heavy (non-hydrogen) atoms. The fraction of sp³-hybridized carbons (Fsp3) is 0.286. The normalized spacial score (nSPS) is 19.3. The van der Waals surface area contributed by atoms with Crippen molar-refractivity contribution in [2.24, 2.45) is 10.8 Å². The van der Waals surface area contributed by atoms with Gasteiger partial charge in [-0.1, -0.05) is 18.2 Å². The fourth-order valence-corrected chi connectivity index (χ4v) is 3.68. The zero-order valence-corrected chi connectivity index (χ0v) is 15.9. The number of halogens is 1. The Labute approximate surface area is 168 Å². The molecular weight excluding hydrogens is 373 g/mol. The summed E-state index contributed by atoms with van der Waals surface area (Å²) in [5.41, 5.74) is 7.47. The monoisotopic (exact) mass is 395 g/mol. The first kappa shape index (κ1) is 18.9. The van der Waals surface area contributed by atoms with Crippen molar-refractivity contribution in [2.45, 2.75) is 12.5 Å². The van der Waals surface area contributed by atoms with Crippen LogP contribution >= 0.6 is 0 Å². The van der Waals surface area contributed by atoms with Crippen LogP contribution in [-0.4, -0.2) is 54.6 Å². The Morgan fingerprint density at radius 3 is 2.21 bits per heavy atom. The number of hydrogen-bond acceptors (Lipinski definition) is 5. The van der Waals surface area contributed by atoms with Crippen LogP contribution in [0.15, 0.2) is 59.7 Å². The Morgan fingerprint density at radius 1 is 0.931 bits per heavy atom. The SMILES string of the molecule is NC(=O)C1CC(C(=O)N2CCN(c3ccccc3)CC2)=NN1c1ccc(F)cc1. The van der Waals surface area contributed by atoms with Crippen LogP contribution in [-0.2, 0) is 9.59 Å². The molecule has 0 bridgehead atoms. The van der Waals surface area contributed by atoms with Crippen molar-refractivity contribution in [3.8, 4) is 0 Å². The van der Waals surface area contributed by atoms with Gasteiger partial charge in [-0.3, -0.25) is 14.6 Å². The second kappa shape index (κ2) is 7.90. The number of rotatable bonds is 4. The number of benzene rings is 2. The van der Waals surface area contributed by atoms with Gasteiger partial charge in [0.2, 0.25) is 5.91 Å². The number of carbonyl (C=O) groups is 2. The topological polar surface area (TPSA) is 82.2 Å². The molecule has 2 aromatic carbocycles. The average Bonchev–Trinajstić information content (AvgIpc) is 3.20. The van der Waals surface area contributed by atoms with Gasteiger partial charge in [-0.15, -0.1) is 0 Å². The Morgan fingerprint density at radius 2 is 1.59 bits per heavy atom. The maximum atomic E-state index is 13.2. The number of carbonyl (C=O) groups excluding carboxylic acids is 2. The van der Waals surface area contributed by atoms with Crippen LogP contribution in [0.1, 0.15) is 6.42 Å². The molecule has 0 radical (unpaired) electrons. The zero-order valence-electron chi connectivity index (χ0n) is 15.9. The van der Waals surface area contributed by atoms with E-state index in [0.29, 0.717) is 24.5 Å². The third kappa shape index (κ3) is 3.91. The summed E-state index contributed by atoms with van der Waals surface area (Å²) < 4.78 is 13.2. The summed E-state index contributed by atoms with van der Waals surface area (Å²) in [7, 11) is 0. The standard InChI is InChI=1S/C21H22FN5O2/c22-15-6-8-17(9-7-15)27-19(20(23)28)14-18(24-27)21(29)26-12-10-25(11-13-26)16-4-2-1-3-5-16/h1-9,19H,10-14H2,(H2,23,28). The van der Waals surface area contributed by atoms with E-state index in [9.17, 15) is 14.0 Å². The lowest BCUT2D eigenvalue weighted by Gasteiger charge is -2.36. The molecule has 0 spiro atoms. The molecule has 0 aliphatic carbocycles. The van der Waals surface area contributed by atoms with Crippen molar-refractivity contribution >= 4 is 28.9 Å². The lowest BCUT2D eigenvalue weighted by atomic mass is 10.1. The third-order valence-electron chi connectivity index (χ3n) is 5.27. The number of hydrazone groups is 1. The molecule has 2 amide bonds. The van der Waals surface area contributed by atoms with E-state index in [0.717, 1.165) is 18.8 Å². The maximum absolute atomic E-state index is 13.2. The molecule has 1 atom stereocenters. The largest absolute Gasteiger partial charge is 0.368 e. The van der Waals surface area contributed by atoms with Crippen LogP contribution in [0.2, 0.25) is 0 Å². The second-order valence-corrected chi connectivity index (χ2v) is 7.10. The van der Waals surface area contributed by atoms with Gasteiger partial charge in [0.05, 0.1) is 5.69 Å². The van der Waals surface area contributed by atoms with Gasteiger partial charge in [-0.25, -0.2) is 4.39 Å². The predicted octanol–water partition coefficient (Wildman–Crippen LogP) is 1.59. The number of piperazine rings is 1. The van der Waals surface area contributed by atoms with E-state index >= 15 is 0 Å². The van der Waals surface area contributed by atoms with Gasteiger partial charge in [0.1, 0.15) is 17.6 Å². The molecule has 8 heteroatoms. The molecule has 4 rings (SSSR count). The van der Waals surface area contributed by atoms with Crippen molar-refractivity contribution in [1.29, 1.82) is 0 Å². The summed E-state index contributed by atoms with van der Waals surface area (Å²) in [6.07, 6.45) is 0.143. The molecule has 0 saturated carbocycles. The van der Waals surface area contributed by atoms with E-state index in [1.165, 1.54) is 29.3 Å². The van der Waals surface area contributed by atoms with E-state index in [-0.39, 0.29) is 18.1 Å². The van der Waals surface area contributed by atoms with E-state index in [2.05, 4.69) is 22.1 Å². The van der Waals surface area contributed by atoms with Crippen LogP contribution in [0.4, 0.5) is 15.8 Å². The second-order valence-electron chi connectivity index (χ2n) is 7.10. The van der Waals surface area contributed by atoms with Crippen molar-refractivity contribution < 1.29 is 14.0 Å². The molecule has 1 fully saturated rings. The van der Waals surface area contributed by atoms with Crippen LogP contribution in [0, 0.1) is 5.82 Å². The summed E-state index contributed by atoms with van der Waals surface area (Å²) in [6, 6.07) is 14.9. The van der Waals surface area contributed by atoms with E-state index < -0.39 is 11.9 Å². The third-order valence-corrected chi connectivity index (χ3v) is 5.27. The first-order valence-electron chi connectivity index (χ1n) is 9.54. The molecule has 150 valence electrons. The van der Waals surface area contributed by atoms with E-state index in [1.807, 2.05) is 18.2 Å². The van der Waals surface area contributed by atoms with Crippen molar-refractivity contribution in [3.05, 3.63) is 60.4 Å². The number of anilines is 2. The summed E-state index contributed by atoms with van der Waals surface area (Å²) in [6.45, 7) is 2.60. The molecule has 1 unspecified atom stereocenters. The molecule has 2 heterocycles. The zero-order chi connectivity index (χ0) is 20.4. The van der Waals surface area contributed by atoms with Crippen molar-refractivity contribution in [3.63, 3.8) is 0 Å². The lowest BCUT2D eigenvalue weighted by molar-refractivity contribution is -0.124. The number of para-hydroxylation sites is 1. The number of amides is 2. The smallest absolute Gasteiger partial charge is 0.270 e. The number of primary amides is 1. The highest BCUT2D eigenvalue weighted by Gasteiger charge is 2.37. The summed E-state index contributed by atoms with van der Waals surface area (Å²) in [5.74, 6) is -1.15. The van der Waals surface area contributed by atoms with Gasteiger partial charge in [0.25, 0.3) is 5.91 Å². The highest BCUT2D eigenvalue weighted by molar-refractivity contribution is 6.40. The maximum Gasteiger partial charge on any atom is 0.270 e. The Hall–Kier alpha value is -3.42. The van der Waals surface area contributed by atoms with Gasteiger partial charge in [-0.05, 0) is 36.4 Å². The predicted molar refractivity (Wildman–Crippen MR) is 109 cm³/mol. The van der Waals surface area contributed by atoms with Crippen molar-refractivity contribution in [2.75, 3.05) is 36.1 Å². The van der Waals surface area contributed by atoms with Crippen LogP contribution < -0.4 is 15.6 Å². The number of nitrogens with two attached hydrogens (primary N) is 1. The molecule has 7 nitrogen and oxygen atoms in total. The van der Waals surface area contributed by atoms with Gasteiger partial charge >= 0.3 is 0 Å². The molecule has 0 aromatic heterocycles. The average molecular weight is 395 g/mol. The minimum Gasteiger partial charge on any atom is -0.368 e. The molecular formula is C21H22FN5O2. The lowest BCUT2D eigenvalue weighted by Crippen LogP contribution is -2.50. The van der Waals surface area contributed by atoms with Gasteiger partial charge < -0.3 is 15.5 Å². The quantitative estimate of drug-likeness (QED) is 0.853. The Bertz CT molecular complexity index is 924.